The van der Waals surface area contributed by atoms with Crippen LogP contribution in [0.1, 0.15) is 38.1 Å². The average Bonchev–Trinajstić information content (AvgIpc) is 2.24. The molecule has 0 aliphatic rings. The zero-order valence-electron chi connectivity index (χ0n) is 11.0. The maximum Gasteiger partial charge on any atom is 0.137 e. The van der Waals surface area contributed by atoms with Gasteiger partial charge in [0.1, 0.15) is 16.8 Å². The van der Waals surface area contributed by atoms with E-state index >= 15 is 0 Å². The molecular formula is C12H20ClN3S. The molecule has 0 aliphatic carbocycles. The summed E-state index contributed by atoms with van der Waals surface area (Å²) in [6, 6.07) is 0.370. The molecule has 0 fully saturated rings. The van der Waals surface area contributed by atoms with Gasteiger partial charge in [0.25, 0.3) is 0 Å². The van der Waals surface area contributed by atoms with Gasteiger partial charge in [-0.05, 0) is 20.1 Å². The van der Waals surface area contributed by atoms with Crippen LogP contribution in [-0.4, -0.2) is 28.0 Å². The second-order valence-electron chi connectivity index (χ2n) is 4.50. The molecule has 0 amide bonds. The SMILES string of the molecule is CSCC(C)Nc1nc(C(C)C)nc(Cl)c1C. The van der Waals surface area contributed by atoms with Gasteiger partial charge in [0.15, 0.2) is 0 Å². The van der Waals surface area contributed by atoms with E-state index in [4.69, 9.17) is 11.6 Å². The summed E-state index contributed by atoms with van der Waals surface area (Å²) < 4.78 is 0. The number of aromatic nitrogens is 2. The molecule has 1 rings (SSSR count). The minimum Gasteiger partial charge on any atom is -0.366 e. The van der Waals surface area contributed by atoms with Crippen LogP contribution in [0.25, 0.3) is 0 Å². The number of halogens is 1. The predicted molar refractivity (Wildman–Crippen MR) is 77.3 cm³/mol. The lowest BCUT2D eigenvalue weighted by Gasteiger charge is -2.17. The van der Waals surface area contributed by atoms with Crippen LogP contribution in [0.15, 0.2) is 0 Å². The molecule has 0 bridgehead atoms. The molecule has 0 spiro atoms. The van der Waals surface area contributed by atoms with Crippen LogP contribution in [-0.2, 0) is 0 Å². The van der Waals surface area contributed by atoms with Crippen LogP contribution in [0, 0.1) is 6.92 Å². The van der Waals surface area contributed by atoms with Gasteiger partial charge in [0.05, 0.1) is 0 Å². The highest BCUT2D eigenvalue weighted by atomic mass is 35.5. The summed E-state index contributed by atoms with van der Waals surface area (Å²) in [5.74, 6) is 2.97. The first-order chi connectivity index (χ1) is 7.95. The summed E-state index contributed by atoms with van der Waals surface area (Å²) in [5.41, 5.74) is 0.920. The fourth-order valence-corrected chi connectivity index (χ4v) is 2.19. The minimum atomic E-state index is 0.282. The first-order valence-electron chi connectivity index (χ1n) is 5.75. The molecule has 96 valence electrons. The number of hydrogen-bond donors (Lipinski definition) is 1. The molecule has 0 saturated heterocycles. The average molecular weight is 274 g/mol. The lowest BCUT2D eigenvalue weighted by molar-refractivity contribution is 0.767. The van der Waals surface area contributed by atoms with Crippen molar-refractivity contribution in [1.29, 1.82) is 0 Å². The van der Waals surface area contributed by atoms with Gasteiger partial charge in [-0.15, -0.1) is 0 Å². The molecule has 5 heteroatoms. The Balaban J connectivity index is 2.97. The van der Waals surface area contributed by atoms with E-state index in [1.165, 1.54) is 0 Å². The standard InChI is InChI=1S/C12H20ClN3S/c1-7(2)11-15-10(13)9(4)12(16-11)14-8(3)6-17-5/h7-8H,6H2,1-5H3,(H,14,15,16). The van der Waals surface area contributed by atoms with Gasteiger partial charge < -0.3 is 5.32 Å². The second kappa shape index (κ2) is 6.45. The number of rotatable bonds is 5. The molecule has 1 heterocycles. The zero-order chi connectivity index (χ0) is 13.0. The van der Waals surface area contributed by atoms with Crippen LogP contribution >= 0.6 is 23.4 Å². The van der Waals surface area contributed by atoms with Crippen LogP contribution in [0.5, 0.6) is 0 Å². The maximum absolute atomic E-state index is 6.13. The lowest BCUT2D eigenvalue weighted by Crippen LogP contribution is -2.20. The largest absolute Gasteiger partial charge is 0.366 e. The lowest BCUT2D eigenvalue weighted by atomic mass is 10.2. The minimum absolute atomic E-state index is 0.282. The van der Waals surface area contributed by atoms with Crippen molar-refractivity contribution in [3.63, 3.8) is 0 Å². The van der Waals surface area contributed by atoms with Gasteiger partial charge in [0.2, 0.25) is 0 Å². The highest BCUT2D eigenvalue weighted by molar-refractivity contribution is 7.98. The van der Waals surface area contributed by atoms with Gasteiger partial charge in [-0.25, -0.2) is 9.97 Å². The first-order valence-corrected chi connectivity index (χ1v) is 7.52. The van der Waals surface area contributed by atoms with Crippen LogP contribution in [0.4, 0.5) is 5.82 Å². The van der Waals surface area contributed by atoms with E-state index in [1.54, 1.807) is 0 Å². The molecule has 0 aliphatic heterocycles. The monoisotopic (exact) mass is 273 g/mol. The molecule has 3 nitrogen and oxygen atoms in total. The third-order valence-corrected chi connectivity index (χ3v) is 3.62. The Morgan fingerprint density at radius 3 is 2.47 bits per heavy atom. The highest BCUT2D eigenvalue weighted by Gasteiger charge is 2.13. The van der Waals surface area contributed by atoms with Crippen molar-refractivity contribution >= 4 is 29.2 Å². The Hall–Kier alpha value is -0.480. The van der Waals surface area contributed by atoms with Crippen molar-refractivity contribution in [2.24, 2.45) is 0 Å². The Kier molecular flexibility index (Phi) is 5.53. The zero-order valence-corrected chi connectivity index (χ0v) is 12.6. The van der Waals surface area contributed by atoms with Gasteiger partial charge in [-0.1, -0.05) is 25.4 Å². The van der Waals surface area contributed by atoms with E-state index in [2.05, 4.69) is 42.3 Å². The van der Waals surface area contributed by atoms with Gasteiger partial charge >= 0.3 is 0 Å². The topological polar surface area (TPSA) is 37.8 Å². The summed E-state index contributed by atoms with van der Waals surface area (Å²) in [5, 5.41) is 3.93. The number of nitrogens with one attached hydrogen (secondary N) is 1. The molecule has 0 aromatic carbocycles. The number of hydrogen-bond acceptors (Lipinski definition) is 4. The summed E-state index contributed by atoms with van der Waals surface area (Å²) in [4.78, 5) is 8.83. The molecule has 17 heavy (non-hydrogen) atoms. The van der Waals surface area contributed by atoms with Gasteiger partial charge in [0, 0.05) is 23.3 Å². The van der Waals surface area contributed by atoms with Crippen LogP contribution in [0.3, 0.4) is 0 Å². The van der Waals surface area contributed by atoms with Crippen LogP contribution < -0.4 is 5.32 Å². The third-order valence-electron chi connectivity index (χ3n) is 2.42. The fraction of sp³-hybridized carbons (Fsp3) is 0.667. The number of nitrogens with zero attached hydrogens (tertiary/aromatic N) is 2. The van der Waals surface area contributed by atoms with Crippen molar-refractivity contribution in [3.05, 3.63) is 16.5 Å². The predicted octanol–water partition coefficient (Wildman–Crippen LogP) is 3.73. The Bertz CT molecular complexity index is 382. The fourth-order valence-electron chi connectivity index (χ4n) is 1.43. The van der Waals surface area contributed by atoms with E-state index in [1.807, 2.05) is 18.7 Å². The van der Waals surface area contributed by atoms with E-state index in [9.17, 15) is 0 Å². The van der Waals surface area contributed by atoms with E-state index in [-0.39, 0.29) is 5.92 Å². The Labute approximate surface area is 113 Å². The van der Waals surface area contributed by atoms with Crippen molar-refractivity contribution < 1.29 is 0 Å². The summed E-state index contributed by atoms with van der Waals surface area (Å²) >= 11 is 7.94. The number of anilines is 1. The molecule has 0 saturated carbocycles. The molecular weight excluding hydrogens is 254 g/mol. The van der Waals surface area contributed by atoms with E-state index < -0.39 is 0 Å². The summed E-state index contributed by atoms with van der Waals surface area (Å²) in [7, 11) is 0. The third kappa shape index (κ3) is 4.03. The van der Waals surface area contributed by atoms with Gasteiger partial charge in [-0.3, -0.25) is 0 Å². The van der Waals surface area contributed by atoms with Crippen molar-refractivity contribution in [3.8, 4) is 0 Å². The molecule has 1 atom stereocenters. The normalized spacial score (nSPS) is 12.9. The molecule has 1 aromatic heterocycles. The van der Waals surface area contributed by atoms with Crippen molar-refractivity contribution in [1.82, 2.24) is 9.97 Å². The number of thioether (sulfide) groups is 1. The van der Waals surface area contributed by atoms with E-state index in [0.717, 1.165) is 23.0 Å². The molecule has 1 N–H and O–H groups in total. The Morgan fingerprint density at radius 1 is 1.29 bits per heavy atom. The van der Waals surface area contributed by atoms with Crippen molar-refractivity contribution in [2.45, 2.75) is 39.7 Å². The smallest absolute Gasteiger partial charge is 0.137 e. The van der Waals surface area contributed by atoms with E-state index in [0.29, 0.717) is 11.2 Å². The second-order valence-corrected chi connectivity index (χ2v) is 5.77. The quantitative estimate of drug-likeness (QED) is 0.830. The summed E-state index contributed by atoms with van der Waals surface area (Å²) in [6.45, 7) is 8.22. The summed E-state index contributed by atoms with van der Waals surface area (Å²) in [6.07, 6.45) is 2.09. The molecule has 1 aromatic rings. The molecule has 1 unspecified atom stereocenters. The highest BCUT2D eigenvalue weighted by Crippen LogP contribution is 2.23. The first kappa shape index (κ1) is 14.6. The maximum atomic E-state index is 6.13. The van der Waals surface area contributed by atoms with Crippen LogP contribution in [0.2, 0.25) is 5.15 Å². The van der Waals surface area contributed by atoms with Gasteiger partial charge in [-0.2, -0.15) is 11.8 Å². The Morgan fingerprint density at radius 2 is 1.94 bits per heavy atom. The molecule has 0 radical (unpaired) electrons. The van der Waals surface area contributed by atoms with Crippen molar-refractivity contribution in [2.75, 3.05) is 17.3 Å².